The largest absolute Gasteiger partial charge is 0.469 e. The number of nitrogens with one attached hydrogen (secondary N) is 1. The van der Waals surface area contributed by atoms with Crippen LogP contribution in [0.4, 0.5) is 0 Å². The van der Waals surface area contributed by atoms with Crippen LogP contribution in [-0.2, 0) is 22.5 Å². The molecular formula is C18H27NO2. The minimum absolute atomic E-state index is 0.179. The molecule has 1 fully saturated rings. The van der Waals surface area contributed by atoms with Gasteiger partial charge in [-0.3, -0.25) is 4.79 Å². The molecule has 0 heterocycles. The van der Waals surface area contributed by atoms with Gasteiger partial charge >= 0.3 is 5.97 Å². The molecular weight excluding hydrogens is 262 g/mol. The lowest BCUT2D eigenvalue weighted by atomic mass is 9.75. The maximum Gasteiger partial charge on any atom is 0.309 e. The van der Waals surface area contributed by atoms with Crippen LogP contribution in [0.5, 0.6) is 0 Å². The molecule has 0 amide bonds. The van der Waals surface area contributed by atoms with E-state index in [4.69, 9.17) is 4.74 Å². The number of hydrogen-bond donors (Lipinski definition) is 1. The predicted octanol–water partition coefficient (Wildman–Crippen LogP) is 3.46. The van der Waals surface area contributed by atoms with E-state index in [-0.39, 0.29) is 5.97 Å². The second-order valence-electron chi connectivity index (χ2n) is 6.84. The Morgan fingerprint density at radius 1 is 1.24 bits per heavy atom. The highest BCUT2D eigenvalue weighted by atomic mass is 16.5. The standard InChI is InChI=1S/C18H27NO2/c1-18(2)10-8-16(9-11-18)19-13-15-7-5-4-6-14(15)12-17(20)21-3/h4-7,16,19H,8-13H2,1-3H3. The Morgan fingerprint density at radius 3 is 2.48 bits per heavy atom. The minimum Gasteiger partial charge on any atom is -0.469 e. The van der Waals surface area contributed by atoms with Crippen LogP contribution in [0.25, 0.3) is 0 Å². The molecule has 3 nitrogen and oxygen atoms in total. The molecule has 21 heavy (non-hydrogen) atoms. The first-order valence-electron chi connectivity index (χ1n) is 7.87. The van der Waals surface area contributed by atoms with Gasteiger partial charge in [-0.2, -0.15) is 0 Å². The van der Waals surface area contributed by atoms with E-state index in [2.05, 4.69) is 25.2 Å². The van der Waals surface area contributed by atoms with Gasteiger partial charge in [-0.25, -0.2) is 0 Å². The van der Waals surface area contributed by atoms with Crippen molar-refractivity contribution < 1.29 is 9.53 Å². The second kappa shape index (κ2) is 7.08. The van der Waals surface area contributed by atoms with Crippen molar-refractivity contribution in [2.24, 2.45) is 5.41 Å². The van der Waals surface area contributed by atoms with E-state index in [1.54, 1.807) is 0 Å². The summed E-state index contributed by atoms with van der Waals surface area (Å²) in [5.41, 5.74) is 2.77. The Labute approximate surface area is 128 Å². The molecule has 1 N–H and O–H groups in total. The zero-order chi connectivity index (χ0) is 15.3. The third kappa shape index (κ3) is 4.85. The van der Waals surface area contributed by atoms with Gasteiger partial charge in [-0.15, -0.1) is 0 Å². The Bertz CT molecular complexity index is 472. The molecule has 1 aromatic carbocycles. The number of carbonyl (C=O) groups is 1. The molecule has 0 radical (unpaired) electrons. The topological polar surface area (TPSA) is 38.3 Å². The Kier molecular flexibility index (Phi) is 5.40. The first-order chi connectivity index (χ1) is 10.00. The Balaban J connectivity index is 1.90. The van der Waals surface area contributed by atoms with Crippen molar-refractivity contribution in [1.29, 1.82) is 0 Å². The van der Waals surface area contributed by atoms with Crippen LogP contribution in [0.2, 0.25) is 0 Å². The Morgan fingerprint density at radius 2 is 1.86 bits per heavy atom. The van der Waals surface area contributed by atoms with Crippen molar-refractivity contribution in [2.75, 3.05) is 7.11 Å². The molecule has 0 spiro atoms. The zero-order valence-electron chi connectivity index (χ0n) is 13.4. The fourth-order valence-electron chi connectivity index (χ4n) is 2.99. The third-order valence-corrected chi connectivity index (χ3v) is 4.60. The summed E-state index contributed by atoms with van der Waals surface area (Å²) >= 11 is 0. The lowest BCUT2D eigenvalue weighted by molar-refractivity contribution is -0.139. The van der Waals surface area contributed by atoms with Crippen LogP contribution in [0.1, 0.15) is 50.7 Å². The molecule has 0 bridgehead atoms. The number of rotatable bonds is 5. The highest BCUT2D eigenvalue weighted by molar-refractivity contribution is 5.72. The maximum absolute atomic E-state index is 11.5. The van der Waals surface area contributed by atoms with Crippen molar-refractivity contribution in [2.45, 2.75) is 58.5 Å². The molecule has 0 saturated heterocycles. The van der Waals surface area contributed by atoms with Gasteiger partial charge in [-0.05, 0) is 42.2 Å². The van der Waals surface area contributed by atoms with Crippen molar-refractivity contribution in [3.05, 3.63) is 35.4 Å². The van der Waals surface area contributed by atoms with Crippen LogP contribution >= 0.6 is 0 Å². The Hall–Kier alpha value is -1.35. The summed E-state index contributed by atoms with van der Waals surface area (Å²) in [4.78, 5) is 11.5. The lowest BCUT2D eigenvalue weighted by Gasteiger charge is -2.34. The van der Waals surface area contributed by atoms with Crippen molar-refractivity contribution in [3.8, 4) is 0 Å². The summed E-state index contributed by atoms with van der Waals surface area (Å²) in [7, 11) is 1.44. The van der Waals surface area contributed by atoms with E-state index < -0.39 is 0 Å². The summed E-state index contributed by atoms with van der Waals surface area (Å²) in [5, 5.41) is 3.66. The van der Waals surface area contributed by atoms with Crippen LogP contribution in [0.3, 0.4) is 0 Å². The summed E-state index contributed by atoms with van der Waals surface area (Å²) in [6.45, 7) is 5.54. The molecule has 1 aliphatic rings. The molecule has 2 rings (SSSR count). The number of esters is 1. The molecule has 116 valence electrons. The first-order valence-corrected chi connectivity index (χ1v) is 7.87. The van der Waals surface area contributed by atoms with Crippen molar-refractivity contribution in [1.82, 2.24) is 5.32 Å². The average Bonchev–Trinajstić information content (AvgIpc) is 2.47. The van der Waals surface area contributed by atoms with Gasteiger partial charge in [0.2, 0.25) is 0 Å². The highest BCUT2D eigenvalue weighted by Crippen LogP contribution is 2.35. The quantitative estimate of drug-likeness (QED) is 0.844. The van der Waals surface area contributed by atoms with E-state index in [9.17, 15) is 4.79 Å². The van der Waals surface area contributed by atoms with Crippen LogP contribution in [0, 0.1) is 5.41 Å². The van der Waals surface area contributed by atoms with Gasteiger partial charge in [0, 0.05) is 12.6 Å². The van der Waals surface area contributed by atoms with Crippen molar-refractivity contribution >= 4 is 5.97 Å². The monoisotopic (exact) mass is 289 g/mol. The third-order valence-electron chi connectivity index (χ3n) is 4.60. The van der Waals surface area contributed by atoms with E-state index in [1.165, 1.54) is 38.4 Å². The van der Waals surface area contributed by atoms with Crippen LogP contribution < -0.4 is 5.32 Å². The SMILES string of the molecule is COC(=O)Cc1ccccc1CNC1CCC(C)(C)CC1. The summed E-state index contributed by atoms with van der Waals surface area (Å²) in [6, 6.07) is 8.71. The average molecular weight is 289 g/mol. The van der Waals surface area contributed by atoms with E-state index in [1.807, 2.05) is 18.2 Å². The second-order valence-corrected chi connectivity index (χ2v) is 6.84. The maximum atomic E-state index is 11.5. The van der Waals surface area contributed by atoms with E-state index in [0.717, 1.165) is 12.1 Å². The molecule has 0 unspecified atom stereocenters. The van der Waals surface area contributed by atoms with Crippen LogP contribution in [0.15, 0.2) is 24.3 Å². The summed E-state index contributed by atoms with van der Waals surface area (Å²) in [5.74, 6) is -0.179. The molecule has 3 heteroatoms. The molecule has 1 aliphatic carbocycles. The van der Waals surface area contributed by atoms with Gasteiger partial charge in [0.1, 0.15) is 0 Å². The fraction of sp³-hybridized carbons (Fsp3) is 0.611. The van der Waals surface area contributed by atoms with Gasteiger partial charge in [0.25, 0.3) is 0 Å². The van der Waals surface area contributed by atoms with Gasteiger partial charge < -0.3 is 10.1 Å². The smallest absolute Gasteiger partial charge is 0.309 e. The van der Waals surface area contributed by atoms with Crippen LogP contribution in [-0.4, -0.2) is 19.1 Å². The number of carbonyl (C=O) groups excluding carboxylic acids is 1. The normalized spacial score (nSPS) is 18.4. The molecule has 0 aromatic heterocycles. The predicted molar refractivity (Wildman–Crippen MR) is 85.0 cm³/mol. The highest BCUT2D eigenvalue weighted by Gasteiger charge is 2.26. The van der Waals surface area contributed by atoms with Gasteiger partial charge in [0.15, 0.2) is 0 Å². The summed E-state index contributed by atoms with van der Waals surface area (Å²) < 4.78 is 4.77. The summed E-state index contributed by atoms with van der Waals surface area (Å²) in [6.07, 6.45) is 5.41. The molecule has 0 aliphatic heterocycles. The first kappa shape index (κ1) is 16.0. The minimum atomic E-state index is -0.179. The number of ether oxygens (including phenoxy) is 1. The van der Waals surface area contributed by atoms with Gasteiger partial charge in [0.05, 0.1) is 13.5 Å². The van der Waals surface area contributed by atoms with Crippen molar-refractivity contribution in [3.63, 3.8) is 0 Å². The fourth-order valence-corrected chi connectivity index (χ4v) is 2.99. The van der Waals surface area contributed by atoms with Gasteiger partial charge in [-0.1, -0.05) is 38.1 Å². The van der Waals surface area contributed by atoms with E-state index >= 15 is 0 Å². The zero-order valence-corrected chi connectivity index (χ0v) is 13.4. The molecule has 1 aromatic rings. The van der Waals surface area contributed by atoms with E-state index in [0.29, 0.717) is 17.9 Å². The number of methoxy groups -OCH3 is 1. The lowest BCUT2D eigenvalue weighted by Crippen LogP contribution is -2.35. The number of hydrogen-bond acceptors (Lipinski definition) is 3. The number of benzene rings is 1. The molecule has 0 atom stereocenters. The molecule has 1 saturated carbocycles.